The Hall–Kier alpha value is -2.11. The van der Waals surface area contributed by atoms with Crippen LogP contribution in [0.3, 0.4) is 0 Å². The van der Waals surface area contributed by atoms with Crippen molar-refractivity contribution in [3.63, 3.8) is 0 Å². The van der Waals surface area contributed by atoms with Crippen molar-refractivity contribution in [2.75, 3.05) is 0 Å². The van der Waals surface area contributed by atoms with Gasteiger partial charge in [0.25, 0.3) is 0 Å². The second kappa shape index (κ2) is 3.10. The van der Waals surface area contributed by atoms with Crippen LogP contribution in [-0.2, 0) is 4.79 Å². The van der Waals surface area contributed by atoms with Crippen molar-refractivity contribution in [1.82, 2.24) is 4.73 Å². The van der Waals surface area contributed by atoms with Crippen molar-refractivity contribution in [2.45, 2.75) is 0 Å². The minimum absolute atomic E-state index is 0.0161. The molecule has 4 N–H and O–H groups in total. The van der Waals surface area contributed by atoms with Gasteiger partial charge in [-0.05, 0) is 6.08 Å². The Morgan fingerprint density at radius 3 is 2.46 bits per heavy atom. The van der Waals surface area contributed by atoms with Crippen LogP contribution in [-0.4, -0.2) is 31.2 Å². The fourth-order valence-corrected chi connectivity index (χ4v) is 0.779. The number of aromatic nitrogens is 1. The van der Waals surface area contributed by atoms with Gasteiger partial charge in [0.2, 0.25) is 11.8 Å². The van der Waals surface area contributed by atoms with Gasteiger partial charge >= 0.3 is 5.97 Å². The molecule has 1 rings (SSSR count). The van der Waals surface area contributed by atoms with Gasteiger partial charge in [0, 0.05) is 17.7 Å². The number of hydrogen-bond acceptors (Lipinski definition) is 4. The summed E-state index contributed by atoms with van der Waals surface area (Å²) in [6, 6.07) is 1.02. The van der Waals surface area contributed by atoms with Crippen molar-refractivity contribution in [3.8, 4) is 11.8 Å². The maximum atomic E-state index is 10.1. The summed E-state index contributed by atoms with van der Waals surface area (Å²) >= 11 is 0. The van der Waals surface area contributed by atoms with Crippen LogP contribution in [0.2, 0.25) is 0 Å². The van der Waals surface area contributed by atoms with E-state index in [2.05, 4.69) is 0 Å². The van der Waals surface area contributed by atoms with Crippen LogP contribution in [0, 0.1) is 0 Å². The van der Waals surface area contributed by atoms with Crippen LogP contribution in [0.5, 0.6) is 11.8 Å². The number of carboxylic acid groups (broad SMARTS) is 1. The van der Waals surface area contributed by atoms with E-state index in [-0.39, 0.29) is 10.3 Å². The molecule has 0 amide bonds. The highest BCUT2D eigenvalue weighted by Gasteiger charge is 2.10. The number of carboxylic acids is 1. The van der Waals surface area contributed by atoms with Crippen LogP contribution in [0.4, 0.5) is 0 Å². The van der Waals surface area contributed by atoms with Gasteiger partial charge in [0.1, 0.15) is 0 Å². The summed E-state index contributed by atoms with van der Waals surface area (Å²) in [5, 5.41) is 35.0. The molecule has 6 heteroatoms. The topological polar surface area (TPSA) is 103 Å². The van der Waals surface area contributed by atoms with E-state index in [9.17, 15) is 4.79 Å². The minimum atomic E-state index is -1.19. The SMILES string of the molecule is O=C(O)C=Cc1cc(O)n(O)c1O. The molecule has 0 saturated carbocycles. The molecular formula is C7H7NO5. The predicted molar refractivity (Wildman–Crippen MR) is 41.6 cm³/mol. The molecule has 6 nitrogen and oxygen atoms in total. The van der Waals surface area contributed by atoms with Gasteiger partial charge in [0.15, 0.2) is 0 Å². The Morgan fingerprint density at radius 1 is 1.46 bits per heavy atom. The Labute approximate surface area is 72.5 Å². The number of aliphatic carboxylic acids is 1. The maximum Gasteiger partial charge on any atom is 0.328 e. The van der Waals surface area contributed by atoms with E-state index in [0.29, 0.717) is 0 Å². The molecule has 0 aliphatic carbocycles. The van der Waals surface area contributed by atoms with Crippen LogP contribution in [0.1, 0.15) is 5.56 Å². The van der Waals surface area contributed by atoms with Crippen LogP contribution in [0.25, 0.3) is 6.08 Å². The Kier molecular flexibility index (Phi) is 2.14. The van der Waals surface area contributed by atoms with Gasteiger partial charge in [-0.1, -0.05) is 0 Å². The maximum absolute atomic E-state index is 10.1. The number of nitrogens with zero attached hydrogens (tertiary/aromatic N) is 1. The third-order valence-corrected chi connectivity index (χ3v) is 1.37. The van der Waals surface area contributed by atoms with Crippen LogP contribution < -0.4 is 0 Å². The number of aromatic hydroxyl groups is 2. The van der Waals surface area contributed by atoms with Gasteiger partial charge < -0.3 is 20.5 Å². The van der Waals surface area contributed by atoms with Crippen molar-refractivity contribution in [2.24, 2.45) is 0 Å². The molecule has 0 bridgehead atoms. The predicted octanol–water partition coefficient (Wildman–Crippen LogP) is 0.234. The molecule has 0 aliphatic heterocycles. The number of rotatable bonds is 2. The Morgan fingerprint density at radius 2 is 2.08 bits per heavy atom. The van der Waals surface area contributed by atoms with Crippen molar-refractivity contribution < 1.29 is 25.3 Å². The first-order valence-corrected chi connectivity index (χ1v) is 3.26. The first-order valence-electron chi connectivity index (χ1n) is 3.26. The summed E-state index contributed by atoms with van der Waals surface area (Å²) in [4.78, 5) is 10.1. The molecule has 0 radical (unpaired) electrons. The molecule has 1 aromatic heterocycles. The summed E-state index contributed by atoms with van der Waals surface area (Å²) in [5.41, 5.74) is 0.0161. The summed E-state index contributed by atoms with van der Waals surface area (Å²) in [6.45, 7) is 0. The van der Waals surface area contributed by atoms with Crippen molar-refractivity contribution in [3.05, 3.63) is 17.7 Å². The molecular weight excluding hydrogens is 178 g/mol. The van der Waals surface area contributed by atoms with E-state index in [1.54, 1.807) is 0 Å². The molecule has 0 spiro atoms. The van der Waals surface area contributed by atoms with Gasteiger partial charge in [-0.2, -0.15) is 0 Å². The quantitative estimate of drug-likeness (QED) is 0.390. The zero-order chi connectivity index (χ0) is 10.0. The lowest BCUT2D eigenvalue weighted by atomic mass is 10.3. The first-order chi connectivity index (χ1) is 6.02. The van der Waals surface area contributed by atoms with E-state index in [0.717, 1.165) is 18.2 Å². The summed E-state index contributed by atoms with van der Waals surface area (Å²) in [5.74, 6) is -2.37. The third kappa shape index (κ3) is 1.73. The van der Waals surface area contributed by atoms with Crippen LogP contribution in [0.15, 0.2) is 12.1 Å². The second-order valence-corrected chi connectivity index (χ2v) is 2.26. The Bertz CT molecular complexity index is 365. The lowest BCUT2D eigenvalue weighted by molar-refractivity contribution is -0.131. The fraction of sp³-hybridized carbons (Fsp3) is 0. The molecule has 0 saturated heterocycles. The number of carbonyl (C=O) groups is 1. The fourth-order valence-electron chi connectivity index (χ4n) is 0.779. The van der Waals surface area contributed by atoms with Gasteiger partial charge in [-0.25, -0.2) is 4.79 Å². The molecule has 1 aromatic rings. The monoisotopic (exact) mass is 185 g/mol. The molecule has 1 heterocycles. The normalized spacial score (nSPS) is 10.8. The zero-order valence-corrected chi connectivity index (χ0v) is 6.38. The summed E-state index contributed by atoms with van der Waals surface area (Å²) in [6.07, 6.45) is 1.82. The number of hydrogen-bond donors (Lipinski definition) is 4. The molecule has 70 valence electrons. The van der Waals surface area contributed by atoms with Gasteiger partial charge in [-0.3, -0.25) is 0 Å². The molecule has 0 unspecified atom stereocenters. The van der Waals surface area contributed by atoms with E-state index in [4.69, 9.17) is 20.5 Å². The largest absolute Gasteiger partial charge is 0.492 e. The molecule has 0 atom stereocenters. The van der Waals surface area contributed by atoms with E-state index < -0.39 is 17.7 Å². The molecule has 13 heavy (non-hydrogen) atoms. The molecule has 0 fully saturated rings. The zero-order valence-electron chi connectivity index (χ0n) is 6.38. The highest BCUT2D eigenvalue weighted by molar-refractivity contribution is 5.85. The van der Waals surface area contributed by atoms with Crippen molar-refractivity contribution >= 4 is 12.0 Å². The Balaban J connectivity index is 3.03. The highest BCUT2D eigenvalue weighted by Crippen LogP contribution is 2.26. The third-order valence-electron chi connectivity index (χ3n) is 1.37. The second-order valence-electron chi connectivity index (χ2n) is 2.26. The van der Waals surface area contributed by atoms with E-state index in [1.165, 1.54) is 0 Å². The lowest BCUT2D eigenvalue weighted by Crippen LogP contribution is -1.87. The van der Waals surface area contributed by atoms with Gasteiger partial charge in [0.05, 0.1) is 0 Å². The molecule has 0 aliphatic rings. The first kappa shape index (κ1) is 8.98. The average molecular weight is 185 g/mol. The van der Waals surface area contributed by atoms with Crippen molar-refractivity contribution in [1.29, 1.82) is 0 Å². The highest BCUT2D eigenvalue weighted by atomic mass is 16.5. The van der Waals surface area contributed by atoms with Crippen LogP contribution >= 0.6 is 0 Å². The summed E-state index contributed by atoms with van der Waals surface area (Å²) in [7, 11) is 0. The van der Waals surface area contributed by atoms with Gasteiger partial charge in [-0.15, -0.1) is 4.73 Å². The standard InChI is InChI=1S/C7H7NO5/c9-5-3-4(1-2-6(10)11)7(12)8(5)13/h1-3,9,12-13H,(H,10,11). The average Bonchev–Trinajstić information content (AvgIpc) is 2.29. The summed E-state index contributed by atoms with van der Waals surface area (Å²) < 4.78 is 0.140. The molecule has 0 aromatic carbocycles. The smallest absolute Gasteiger partial charge is 0.328 e. The lowest BCUT2D eigenvalue weighted by Gasteiger charge is -1.93. The minimum Gasteiger partial charge on any atom is -0.492 e. The van der Waals surface area contributed by atoms with E-state index >= 15 is 0 Å². The van der Waals surface area contributed by atoms with E-state index in [1.807, 2.05) is 0 Å².